The maximum absolute atomic E-state index is 12.6. The van der Waals surface area contributed by atoms with Crippen molar-refractivity contribution in [1.29, 1.82) is 0 Å². The Bertz CT molecular complexity index is 786. The molecule has 2 N–H and O–H groups in total. The molecule has 0 bridgehead atoms. The van der Waals surface area contributed by atoms with E-state index >= 15 is 0 Å². The smallest absolute Gasteiger partial charge is 0.224 e. The summed E-state index contributed by atoms with van der Waals surface area (Å²) in [6.45, 7) is 2.69. The summed E-state index contributed by atoms with van der Waals surface area (Å²) in [5.74, 6) is 1.21. The van der Waals surface area contributed by atoms with Gasteiger partial charge in [0.2, 0.25) is 5.91 Å². The summed E-state index contributed by atoms with van der Waals surface area (Å²) in [5, 5.41) is 10.6. The Morgan fingerprint density at radius 1 is 1.14 bits per heavy atom. The van der Waals surface area contributed by atoms with Crippen LogP contribution < -0.4 is 10.1 Å². The Morgan fingerprint density at radius 3 is 2.82 bits per heavy atom. The Balaban J connectivity index is 1.56. The van der Waals surface area contributed by atoms with Crippen LogP contribution in [0.2, 0.25) is 0 Å². The van der Waals surface area contributed by atoms with Crippen molar-refractivity contribution in [2.24, 2.45) is 5.92 Å². The van der Waals surface area contributed by atoms with Gasteiger partial charge in [-0.05, 0) is 56.5 Å². The van der Waals surface area contributed by atoms with Crippen LogP contribution in [0.15, 0.2) is 30.5 Å². The van der Waals surface area contributed by atoms with Crippen molar-refractivity contribution in [3.63, 3.8) is 0 Å². The highest BCUT2D eigenvalue weighted by Gasteiger charge is 2.37. The van der Waals surface area contributed by atoms with Crippen LogP contribution in [0.5, 0.6) is 5.75 Å². The summed E-state index contributed by atoms with van der Waals surface area (Å²) in [4.78, 5) is 15.2. The number of hydrogen-bond acceptors (Lipinski definition) is 4. The van der Waals surface area contributed by atoms with E-state index in [2.05, 4.69) is 32.5 Å². The largest absolute Gasteiger partial charge is 0.497 e. The van der Waals surface area contributed by atoms with Crippen LogP contribution in [0, 0.1) is 5.92 Å². The average molecular weight is 383 g/mol. The van der Waals surface area contributed by atoms with Gasteiger partial charge in [-0.15, -0.1) is 0 Å². The van der Waals surface area contributed by atoms with Gasteiger partial charge in [0.05, 0.1) is 24.9 Å². The Morgan fingerprint density at radius 2 is 2.00 bits per heavy atom. The summed E-state index contributed by atoms with van der Waals surface area (Å²) in [6, 6.07) is 8.40. The molecule has 1 aliphatic carbocycles. The molecule has 2 atom stereocenters. The molecule has 2 unspecified atom stereocenters. The molecule has 6 nitrogen and oxygen atoms in total. The fourth-order valence-corrected chi connectivity index (χ4v) is 4.66. The van der Waals surface area contributed by atoms with Crippen molar-refractivity contribution < 1.29 is 9.53 Å². The van der Waals surface area contributed by atoms with E-state index in [1.807, 2.05) is 18.3 Å². The number of aromatic nitrogens is 2. The maximum Gasteiger partial charge on any atom is 0.224 e. The summed E-state index contributed by atoms with van der Waals surface area (Å²) >= 11 is 0. The topological polar surface area (TPSA) is 70.2 Å². The number of benzene rings is 1. The van der Waals surface area contributed by atoms with Crippen LogP contribution >= 0.6 is 0 Å². The molecule has 1 aliphatic heterocycles. The second-order valence-corrected chi connectivity index (χ2v) is 7.93. The van der Waals surface area contributed by atoms with Gasteiger partial charge in [0, 0.05) is 30.3 Å². The lowest BCUT2D eigenvalue weighted by atomic mass is 9.98. The lowest BCUT2D eigenvalue weighted by molar-refractivity contribution is -0.126. The number of aromatic amines is 1. The maximum atomic E-state index is 12.6. The van der Waals surface area contributed by atoms with Gasteiger partial charge in [-0.3, -0.25) is 14.8 Å². The third-order valence-corrected chi connectivity index (χ3v) is 6.18. The minimum atomic E-state index is 0.120. The molecule has 1 aromatic heterocycles. The predicted octanol–water partition coefficient (Wildman–Crippen LogP) is 3.36. The number of H-pyrrole nitrogens is 1. The van der Waals surface area contributed by atoms with E-state index in [-0.39, 0.29) is 11.8 Å². The van der Waals surface area contributed by atoms with E-state index in [0.717, 1.165) is 68.7 Å². The minimum Gasteiger partial charge on any atom is -0.497 e. The van der Waals surface area contributed by atoms with Gasteiger partial charge in [-0.25, -0.2) is 0 Å². The van der Waals surface area contributed by atoms with Gasteiger partial charge >= 0.3 is 0 Å². The number of nitrogens with one attached hydrogen (secondary N) is 2. The second-order valence-electron chi connectivity index (χ2n) is 7.93. The number of carbonyl (C=O) groups is 1. The zero-order chi connectivity index (χ0) is 19.3. The van der Waals surface area contributed by atoms with Crippen LogP contribution in [-0.2, 0) is 11.3 Å². The van der Waals surface area contributed by atoms with Gasteiger partial charge in [-0.2, -0.15) is 5.10 Å². The molecule has 4 rings (SSSR count). The molecule has 0 spiro atoms. The molecule has 0 radical (unpaired) electrons. The van der Waals surface area contributed by atoms with Gasteiger partial charge < -0.3 is 10.1 Å². The Labute approximate surface area is 166 Å². The molecule has 6 heteroatoms. The molecule has 2 aromatic rings. The van der Waals surface area contributed by atoms with E-state index in [0.29, 0.717) is 6.04 Å². The quantitative estimate of drug-likeness (QED) is 0.851. The molecular formula is C22H30N4O2. The van der Waals surface area contributed by atoms with Crippen LogP contribution in [0.3, 0.4) is 0 Å². The third kappa shape index (κ3) is 4.07. The number of amides is 1. The summed E-state index contributed by atoms with van der Waals surface area (Å²) in [5.41, 5.74) is 3.35. The molecule has 1 saturated carbocycles. The molecule has 1 saturated heterocycles. The van der Waals surface area contributed by atoms with Gasteiger partial charge in [0.25, 0.3) is 0 Å². The second kappa shape index (κ2) is 8.78. The van der Waals surface area contributed by atoms with E-state index in [1.165, 1.54) is 12.0 Å². The molecule has 1 amide bonds. The highest BCUT2D eigenvalue weighted by Crippen LogP contribution is 2.33. The molecular weight excluding hydrogens is 352 g/mol. The molecule has 1 aromatic carbocycles. The summed E-state index contributed by atoms with van der Waals surface area (Å²) < 4.78 is 5.27. The first kappa shape index (κ1) is 19.0. The molecule has 2 fully saturated rings. The van der Waals surface area contributed by atoms with Crippen molar-refractivity contribution in [2.75, 3.05) is 20.2 Å². The average Bonchev–Trinajstić information content (AvgIpc) is 3.39. The lowest BCUT2D eigenvalue weighted by Crippen LogP contribution is -2.45. The number of hydrogen-bond donors (Lipinski definition) is 2. The molecule has 2 heterocycles. The monoisotopic (exact) mass is 382 g/mol. The first-order valence-electron chi connectivity index (χ1n) is 10.4. The number of methoxy groups -OCH3 is 1. The summed E-state index contributed by atoms with van der Waals surface area (Å²) in [7, 11) is 1.68. The van der Waals surface area contributed by atoms with Crippen molar-refractivity contribution in [3.8, 4) is 17.0 Å². The number of nitrogens with zero attached hydrogens (tertiary/aromatic N) is 2. The zero-order valence-corrected chi connectivity index (χ0v) is 16.6. The van der Waals surface area contributed by atoms with Crippen LogP contribution in [-0.4, -0.2) is 47.2 Å². The molecule has 2 aliphatic rings. The Kier molecular flexibility index (Phi) is 5.95. The number of carbonyl (C=O) groups excluding carboxylic acids is 1. The van der Waals surface area contributed by atoms with Crippen LogP contribution in [0.25, 0.3) is 11.3 Å². The van der Waals surface area contributed by atoms with Crippen LogP contribution in [0.4, 0.5) is 0 Å². The van der Waals surface area contributed by atoms with Gasteiger partial charge in [-0.1, -0.05) is 12.8 Å². The Hall–Kier alpha value is -2.34. The first-order chi connectivity index (χ1) is 13.8. The number of ether oxygens (including phenoxy) is 1. The van der Waals surface area contributed by atoms with Gasteiger partial charge in [0.15, 0.2) is 0 Å². The number of rotatable bonds is 4. The van der Waals surface area contributed by atoms with Crippen molar-refractivity contribution in [2.45, 2.75) is 51.1 Å². The minimum absolute atomic E-state index is 0.120. The zero-order valence-electron chi connectivity index (χ0n) is 16.6. The highest BCUT2D eigenvalue weighted by molar-refractivity contribution is 5.79. The third-order valence-electron chi connectivity index (χ3n) is 6.18. The molecule has 150 valence electrons. The fourth-order valence-electron chi connectivity index (χ4n) is 4.66. The predicted molar refractivity (Wildman–Crippen MR) is 109 cm³/mol. The normalized spacial score (nSPS) is 23.8. The number of fused-ring (bicyclic) bond motifs is 1. The summed E-state index contributed by atoms with van der Waals surface area (Å²) in [6.07, 6.45) is 8.58. The highest BCUT2D eigenvalue weighted by atomic mass is 16.5. The van der Waals surface area contributed by atoms with Gasteiger partial charge in [0.1, 0.15) is 5.75 Å². The van der Waals surface area contributed by atoms with Crippen molar-refractivity contribution >= 4 is 5.91 Å². The first-order valence-corrected chi connectivity index (χ1v) is 10.4. The van der Waals surface area contributed by atoms with Crippen molar-refractivity contribution in [3.05, 3.63) is 36.0 Å². The standard InChI is InChI=1S/C22H30N4O2/c1-28-18-10-8-16(9-11-18)21-17(14-24-25-21)15-26-13-4-2-3-12-23-22(27)19-6-5-7-20(19)26/h8-11,14,19-20H,2-7,12-13,15H2,1H3,(H,23,27)(H,24,25). The van der Waals surface area contributed by atoms with Crippen LogP contribution in [0.1, 0.15) is 44.1 Å². The lowest BCUT2D eigenvalue weighted by Gasteiger charge is -2.33. The SMILES string of the molecule is COc1ccc(-c2[nH]ncc2CN2CCCCCNC(=O)C3CCCC32)cc1. The van der Waals surface area contributed by atoms with E-state index in [4.69, 9.17) is 4.74 Å². The fraction of sp³-hybridized carbons (Fsp3) is 0.545. The van der Waals surface area contributed by atoms with Crippen molar-refractivity contribution in [1.82, 2.24) is 20.4 Å². The molecule has 28 heavy (non-hydrogen) atoms. The van der Waals surface area contributed by atoms with E-state index < -0.39 is 0 Å². The van der Waals surface area contributed by atoms with E-state index in [9.17, 15) is 4.79 Å². The van der Waals surface area contributed by atoms with E-state index in [1.54, 1.807) is 7.11 Å².